The summed E-state index contributed by atoms with van der Waals surface area (Å²) >= 11 is 0. The molecule has 1 aromatic rings. The highest BCUT2D eigenvalue weighted by Crippen LogP contribution is 2.13. The standard InChI is InChI=1S/C12H14N2O4/c13-11(15)9-1-3-10(4-2-9)18-12(16)14-5-7-17-8-6-14/h1-4H,5-8H2,(H2,13,15). The van der Waals surface area contributed by atoms with E-state index in [1.165, 1.54) is 12.1 Å². The Balaban J connectivity index is 1.96. The number of primary amides is 1. The summed E-state index contributed by atoms with van der Waals surface area (Å²) in [5.74, 6) is -0.127. The van der Waals surface area contributed by atoms with Crippen LogP contribution in [-0.4, -0.2) is 43.2 Å². The molecule has 0 radical (unpaired) electrons. The Bertz CT molecular complexity index is 438. The summed E-state index contributed by atoms with van der Waals surface area (Å²) < 4.78 is 10.3. The number of hydrogen-bond donors (Lipinski definition) is 1. The molecule has 0 aromatic heterocycles. The van der Waals surface area contributed by atoms with Gasteiger partial charge in [0.15, 0.2) is 0 Å². The first-order valence-corrected chi connectivity index (χ1v) is 5.61. The average molecular weight is 250 g/mol. The van der Waals surface area contributed by atoms with Crippen molar-refractivity contribution in [1.82, 2.24) is 4.90 Å². The lowest BCUT2D eigenvalue weighted by atomic mass is 10.2. The highest BCUT2D eigenvalue weighted by atomic mass is 16.6. The molecule has 0 aliphatic carbocycles. The first-order valence-electron chi connectivity index (χ1n) is 5.61. The highest BCUT2D eigenvalue weighted by Gasteiger charge is 2.18. The Morgan fingerprint density at radius 3 is 2.33 bits per heavy atom. The number of nitrogens with zero attached hydrogens (tertiary/aromatic N) is 1. The van der Waals surface area contributed by atoms with Gasteiger partial charge in [-0.2, -0.15) is 0 Å². The second-order valence-corrected chi connectivity index (χ2v) is 3.86. The van der Waals surface area contributed by atoms with Gasteiger partial charge in [-0.25, -0.2) is 4.79 Å². The highest BCUT2D eigenvalue weighted by molar-refractivity contribution is 5.92. The molecule has 1 fully saturated rings. The molecule has 6 nitrogen and oxygen atoms in total. The summed E-state index contributed by atoms with van der Waals surface area (Å²) in [6, 6.07) is 6.12. The molecule has 1 aliphatic heterocycles. The second kappa shape index (κ2) is 5.50. The minimum atomic E-state index is -0.513. The zero-order valence-corrected chi connectivity index (χ0v) is 9.80. The number of ether oxygens (including phenoxy) is 2. The molecular weight excluding hydrogens is 236 g/mol. The van der Waals surface area contributed by atoms with Crippen molar-refractivity contribution in [3.8, 4) is 5.75 Å². The predicted octanol–water partition coefficient (Wildman–Crippen LogP) is 0.616. The summed E-state index contributed by atoms with van der Waals surface area (Å²) in [5, 5.41) is 0. The molecule has 2 N–H and O–H groups in total. The van der Waals surface area contributed by atoms with E-state index in [1.54, 1.807) is 17.0 Å². The van der Waals surface area contributed by atoms with Crippen LogP contribution in [0.5, 0.6) is 5.75 Å². The first kappa shape index (κ1) is 12.4. The Labute approximate surface area is 104 Å². The maximum atomic E-state index is 11.7. The van der Waals surface area contributed by atoms with Crippen molar-refractivity contribution in [1.29, 1.82) is 0 Å². The van der Waals surface area contributed by atoms with Crippen molar-refractivity contribution < 1.29 is 19.1 Å². The van der Waals surface area contributed by atoms with Crippen molar-refractivity contribution >= 4 is 12.0 Å². The molecule has 1 heterocycles. The number of amides is 2. The molecule has 18 heavy (non-hydrogen) atoms. The summed E-state index contributed by atoms with van der Waals surface area (Å²) in [6.07, 6.45) is -0.412. The Morgan fingerprint density at radius 1 is 1.17 bits per heavy atom. The van der Waals surface area contributed by atoms with E-state index in [2.05, 4.69) is 0 Å². The van der Waals surface area contributed by atoms with Gasteiger partial charge in [-0.1, -0.05) is 0 Å². The van der Waals surface area contributed by atoms with Gasteiger partial charge in [-0.3, -0.25) is 4.79 Å². The molecule has 0 saturated carbocycles. The molecule has 0 bridgehead atoms. The van der Waals surface area contributed by atoms with E-state index in [0.29, 0.717) is 37.6 Å². The van der Waals surface area contributed by atoms with Crippen molar-refractivity contribution in [2.45, 2.75) is 0 Å². The van der Waals surface area contributed by atoms with Crippen LogP contribution in [0.3, 0.4) is 0 Å². The SMILES string of the molecule is NC(=O)c1ccc(OC(=O)N2CCOCC2)cc1. The van der Waals surface area contributed by atoms with Gasteiger partial charge in [0, 0.05) is 18.7 Å². The number of rotatable bonds is 2. The average Bonchev–Trinajstić information content (AvgIpc) is 2.40. The van der Waals surface area contributed by atoms with Gasteiger partial charge >= 0.3 is 6.09 Å². The normalized spacial score (nSPS) is 15.2. The molecule has 1 aliphatic rings. The van der Waals surface area contributed by atoms with E-state index >= 15 is 0 Å². The van der Waals surface area contributed by atoms with E-state index in [1.807, 2.05) is 0 Å². The minimum Gasteiger partial charge on any atom is -0.410 e. The van der Waals surface area contributed by atoms with Gasteiger partial charge in [0.2, 0.25) is 5.91 Å². The summed E-state index contributed by atoms with van der Waals surface area (Å²) in [5.41, 5.74) is 5.49. The Kier molecular flexibility index (Phi) is 3.78. The minimum absolute atomic E-state index is 0.376. The van der Waals surface area contributed by atoms with Crippen LogP contribution in [0.4, 0.5) is 4.79 Å². The zero-order chi connectivity index (χ0) is 13.0. The summed E-state index contributed by atoms with van der Waals surface area (Å²) in [6.45, 7) is 2.10. The van der Waals surface area contributed by atoms with E-state index in [9.17, 15) is 9.59 Å². The largest absolute Gasteiger partial charge is 0.415 e. The van der Waals surface area contributed by atoms with Crippen molar-refractivity contribution in [3.63, 3.8) is 0 Å². The lowest BCUT2D eigenvalue weighted by molar-refractivity contribution is 0.0416. The fourth-order valence-corrected chi connectivity index (χ4v) is 1.60. The van der Waals surface area contributed by atoms with Crippen LogP contribution in [0, 0.1) is 0 Å². The summed E-state index contributed by atoms with van der Waals surface area (Å²) in [7, 11) is 0. The number of benzene rings is 1. The van der Waals surface area contributed by atoms with Gasteiger partial charge in [0.1, 0.15) is 5.75 Å². The van der Waals surface area contributed by atoms with Crippen LogP contribution < -0.4 is 10.5 Å². The topological polar surface area (TPSA) is 81.9 Å². The van der Waals surface area contributed by atoms with Crippen LogP contribution in [0.15, 0.2) is 24.3 Å². The van der Waals surface area contributed by atoms with E-state index in [-0.39, 0.29) is 0 Å². The molecular formula is C12H14N2O4. The maximum absolute atomic E-state index is 11.7. The van der Waals surface area contributed by atoms with Gasteiger partial charge in [0.05, 0.1) is 13.2 Å². The van der Waals surface area contributed by atoms with Gasteiger partial charge in [-0.05, 0) is 24.3 Å². The van der Waals surface area contributed by atoms with Crippen LogP contribution in [-0.2, 0) is 4.74 Å². The van der Waals surface area contributed by atoms with Gasteiger partial charge in [0.25, 0.3) is 0 Å². The quantitative estimate of drug-likeness (QED) is 0.834. The molecule has 2 amide bonds. The lowest BCUT2D eigenvalue weighted by Gasteiger charge is -2.25. The van der Waals surface area contributed by atoms with E-state index in [0.717, 1.165) is 0 Å². The Hall–Kier alpha value is -2.08. The van der Waals surface area contributed by atoms with Crippen LogP contribution in [0.25, 0.3) is 0 Å². The second-order valence-electron chi connectivity index (χ2n) is 3.86. The van der Waals surface area contributed by atoms with E-state index in [4.69, 9.17) is 15.2 Å². The monoisotopic (exact) mass is 250 g/mol. The number of nitrogens with two attached hydrogens (primary N) is 1. The molecule has 0 unspecified atom stereocenters. The third kappa shape index (κ3) is 2.98. The molecule has 1 saturated heterocycles. The van der Waals surface area contributed by atoms with Crippen LogP contribution >= 0.6 is 0 Å². The molecule has 2 rings (SSSR count). The Morgan fingerprint density at radius 2 is 1.78 bits per heavy atom. The maximum Gasteiger partial charge on any atom is 0.415 e. The fraction of sp³-hybridized carbons (Fsp3) is 0.333. The number of hydrogen-bond acceptors (Lipinski definition) is 4. The molecule has 96 valence electrons. The van der Waals surface area contributed by atoms with Crippen molar-refractivity contribution in [2.75, 3.05) is 26.3 Å². The smallest absolute Gasteiger partial charge is 0.410 e. The number of morpholine rings is 1. The molecule has 0 spiro atoms. The van der Waals surface area contributed by atoms with Gasteiger partial charge < -0.3 is 20.1 Å². The first-order chi connectivity index (χ1) is 8.66. The number of carbonyl (C=O) groups excluding carboxylic acids is 2. The van der Waals surface area contributed by atoms with E-state index < -0.39 is 12.0 Å². The third-order valence-corrected chi connectivity index (χ3v) is 2.61. The third-order valence-electron chi connectivity index (χ3n) is 2.61. The fourth-order valence-electron chi connectivity index (χ4n) is 1.60. The van der Waals surface area contributed by atoms with Gasteiger partial charge in [-0.15, -0.1) is 0 Å². The molecule has 1 aromatic carbocycles. The zero-order valence-electron chi connectivity index (χ0n) is 9.80. The van der Waals surface area contributed by atoms with Crippen molar-refractivity contribution in [3.05, 3.63) is 29.8 Å². The van der Waals surface area contributed by atoms with Crippen LogP contribution in [0.1, 0.15) is 10.4 Å². The summed E-state index contributed by atoms with van der Waals surface area (Å²) in [4.78, 5) is 24.2. The van der Waals surface area contributed by atoms with Crippen LogP contribution in [0.2, 0.25) is 0 Å². The molecule has 6 heteroatoms. The lowest BCUT2D eigenvalue weighted by Crippen LogP contribution is -2.42. The number of carbonyl (C=O) groups is 2. The van der Waals surface area contributed by atoms with Crippen molar-refractivity contribution in [2.24, 2.45) is 5.73 Å². The predicted molar refractivity (Wildman–Crippen MR) is 63.4 cm³/mol. The molecule has 0 atom stereocenters.